The molecule has 7 heteroatoms. The van der Waals surface area contributed by atoms with Crippen LogP contribution < -0.4 is 0 Å². The van der Waals surface area contributed by atoms with Gasteiger partial charge in [0.1, 0.15) is 11.9 Å². The number of morpholine rings is 1. The molecule has 0 unspecified atom stereocenters. The van der Waals surface area contributed by atoms with Crippen LogP contribution in [0, 0.1) is 12.8 Å². The van der Waals surface area contributed by atoms with E-state index in [1.165, 1.54) is 16.9 Å². The van der Waals surface area contributed by atoms with Gasteiger partial charge in [0.2, 0.25) is 0 Å². The number of nitrogens with zero attached hydrogens (tertiary/aromatic N) is 3. The summed E-state index contributed by atoms with van der Waals surface area (Å²) in [6.45, 7) is 5.80. The zero-order chi connectivity index (χ0) is 16.7. The van der Waals surface area contributed by atoms with E-state index in [0.717, 1.165) is 29.5 Å². The molecule has 6 nitrogen and oxygen atoms in total. The van der Waals surface area contributed by atoms with Gasteiger partial charge in [-0.3, -0.25) is 9.89 Å². The average molecular weight is 346 g/mol. The number of fused-ring (bicyclic) bond motifs is 1. The Morgan fingerprint density at radius 1 is 1.50 bits per heavy atom. The zero-order valence-electron chi connectivity index (χ0n) is 14.0. The number of thiophene rings is 1. The van der Waals surface area contributed by atoms with Gasteiger partial charge in [0.05, 0.1) is 18.0 Å². The summed E-state index contributed by atoms with van der Waals surface area (Å²) >= 11 is 1.67. The molecule has 0 spiro atoms. The fourth-order valence-corrected chi connectivity index (χ4v) is 4.64. The standard InChI is InChI=1S/C17H22N4O2S/c1-10-3-4-14-12(7-10)8-15(24-14)17(22)21-5-6-23-13(9-21)16-18-11(2)19-20-16/h8,10,13H,3-7,9H2,1-2H3,(H,18,19,20)/t10-,13+/m0/s1. The minimum atomic E-state index is -0.248. The van der Waals surface area contributed by atoms with Crippen LogP contribution in [0.25, 0.3) is 0 Å². The summed E-state index contributed by atoms with van der Waals surface area (Å²) in [5.74, 6) is 2.22. The normalized spacial score (nSPS) is 24.0. The van der Waals surface area contributed by atoms with Crippen LogP contribution in [0.5, 0.6) is 0 Å². The molecule has 3 heterocycles. The zero-order valence-corrected chi connectivity index (χ0v) is 14.9. The fraction of sp³-hybridized carbons (Fsp3) is 0.588. The number of rotatable bonds is 2. The third kappa shape index (κ3) is 2.98. The molecule has 128 valence electrons. The van der Waals surface area contributed by atoms with Gasteiger partial charge in [-0.1, -0.05) is 6.92 Å². The Morgan fingerprint density at radius 3 is 3.17 bits per heavy atom. The highest BCUT2D eigenvalue weighted by Crippen LogP contribution is 2.33. The first-order valence-electron chi connectivity index (χ1n) is 8.51. The molecule has 0 bridgehead atoms. The largest absolute Gasteiger partial charge is 0.366 e. The Labute approximate surface area is 145 Å². The van der Waals surface area contributed by atoms with E-state index in [4.69, 9.17) is 4.74 Å². The van der Waals surface area contributed by atoms with Crippen LogP contribution in [-0.4, -0.2) is 45.7 Å². The molecular formula is C17H22N4O2S. The van der Waals surface area contributed by atoms with E-state index in [-0.39, 0.29) is 12.0 Å². The van der Waals surface area contributed by atoms with Crippen LogP contribution in [0.15, 0.2) is 6.07 Å². The Hall–Kier alpha value is -1.73. The number of nitrogens with one attached hydrogen (secondary N) is 1. The van der Waals surface area contributed by atoms with Crippen molar-refractivity contribution in [2.24, 2.45) is 5.92 Å². The molecule has 0 aromatic carbocycles. The van der Waals surface area contributed by atoms with Crippen molar-refractivity contribution in [1.82, 2.24) is 20.1 Å². The lowest BCUT2D eigenvalue weighted by Gasteiger charge is -2.31. The number of aryl methyl sites for hydroxylation is 2. The van der Waals surface area contributed by atoms with E-state index in [9.17, 15) is 4.79 Å². The number of H-pyrrole nitrogens is 1. The van der Waals surface area contributed by atoms with Crippen LogP contribution in [-0.2, 0) is 17.6 Å². The van der Waals surface area contributed by atoms with Crippen molar-refractivity contribution in [2.45, 2.75) is 39.2 Å². The Bertz CT molecular complexity index is 754. The summed E-state index contributed by atoms with van der Waals surface area (Å²) in [5, 5.41) is 7.01. The molecule has 1 N–H and O–H groups in total. The monoisotopic (exact) mass is 346 g/mol. The van der Waals surface area contributed by atoms with E-state index in [1.54, 1.807) is 11.3 Å². The minimum absolute atomic E-state index is 0.114. The van der Waals surface area contributed by atoms with Crippen molar-refractivity contribution in [3.05, 3.63) is 33.0 Å². The molecule has 4 rings (SSSR count). The molecule has 2 aromatic heterocycles. The Kier molecular flexibility index (Phi) is 4.14. The molecule has 0 radical (unpaired) electrons. The smallest absolute Gasteiger partial charge is 0.264 e. The van der Waals surface area contributed by atoms with E-state index in [0.29, 0.717) is 25.5 Å². The molecule has 1 saturated heterocycles. The van der Waals surface area contributed by atoms with Crippen molar-refractivity contribution in [2.75, 3.05) is 19.7 Å². The first kappa shape index (κ1) is 15.8. The van der Waals surface area contributed by atoms with E-state index in [1.807, 2.05) is 11.8 Å². The number of aromatic amines is 1. The maximum atomic E-state index is 12.9. The predicted molar refractivity (Wildman–Crippen MR) is 91.2 cm³/mol. The van der Waals surface area contributed by atoms with Gasteiger partial charge in [-0.15, -0.1) is 11.3 Å². The topological polar surface area (TPSA) is 71.1 Å². The van der Waals surface area contributed by atoms with Crippen molar-refractivity contribution < 1.29 is 9.53 Å². The first-order chi connectivity index (χ1) is 11.6. The second-order valence-corrected chi connectivity index (χ2v) is 7.93. The quantitative estimate of drug-likeness (QED) is 0.907. The van der Waals surface area contributed by atoms with E-state index < -0.39 is 0 Å². The molecular weight excluding hydrogens is 324 g/mol. The SMILES string of the molecule is Cc1nc([C@H]2CN(C(=O)c3cc4c(s3)CC[C@H](C)C4)CCO2)n[nH]1. The highest BCUT2D eigenvalue weighted by Gasteiger charge is 2.30. The first-order valence-corrected chi connectivity index (χ1v) is 9.33. The van der Waals surface area contributed by atoms with Crippen molar-refractivity contribution in [3.63, 3.8) is 0 Å². The van der Waals surface area contributed by atoms with Crippen LogP contribution in [0.3, 0.4) is 0 Å². The summed E-state index contributed by atoms with van der Waals surface area (Å²) in [7, 11) is 0. The number of hydrogen-bond acceptors (Lipinski definition) is 5. The lowest BCUT2D eigenvalue weighted by molar-refractivity contribution is -0.0265. The summed E-state index contributed by atoms with van der Waals surface area (Å²) in [6.07, 6.45) is 3.19. The number of ether oxygens (including phenoxy) is 1. The molecule has 2 aliphatic rings. The average Bonchev–Trinajstić information content (AvgIpc) is 3.20. The van der Waals surface area contributed by atoms with Crippen molar-refractivity contribution in [1.29, 1.82) is 0 Å². The predicted octanol–water partition coefficient (Wildman–Crippen LogP) is 2.51. The van der Waals surface area contributed by atoms with Crippen LogP contribution in [0.4, 0.5) is 0 Å². The lowest BCUT2D eigenvalue weighted by Crippen LogP contribution is -2.42. The number of hydrogen-bond donors (Lipinski definition) is 1. The number of carbonyl (C=O) groups is 1. The molecule has 1 amide bonds. The molecule has 1 aliphatic heterocycles. The molecule has 2 aromatic rings. The molecule has 1 fully saturated rings. The highest BCUT2D eigenvalue weighted by molar-refractivity contribution is 7.14. The van der Waals surface area contributed by atoms with Gasteiger partial charge in [0.25, 0.3) is 5.91 Å². The Morgan fingerprint density at radius 2 is 2.38 bits per heavy atom. The van der Waals surface area contributed by atoms with Gasteiger partial charge in [-0.05, 0) is 43.7 Å². The maximum absolute atomic E-state index is 12.9. The van der Waals surface area contributed by atoms with E-state index in [2.05, 4.69) is 28.2 Å². The van der Waals surface area contributed by atoms with Crippen LogP contribution in [0.1, 0.15) is 51.2 Å². The molecule has 24 heavy (non-hydrogen) atoms. The second kappa shape index (κ2) is 6.29. The number of carbonyl (C=O) groups excluding carboxylic acids is 1. The van der Waals surface area contributed by atoms with E-state index >= 15 is 0 Å². The van der Waals surface area contributed by atoms with Gasteiger partial charge < -0.3 is 9.64 Å². The summed E-state index contributed by atoms with van der Waals surface area (Å²) in [6, 6.07) is 2.11. The minimum Gasteiger partial charge on any atom is -0.366 e. The molecule has 0 saturated carbocycles. The maximum Gasteiger partial charge on any atom is 0.264 e. The lowest BCUT2D eigenvalue weighted by atomic mass is 9.90. The van der Waals surface area contributed by atoms with Gasteiger partial charge in [-0.25, -0.2) is 4.98 Å². The van der Waals surface area contributed by atoms with Gasteiger partial charge in [-0.2, -0.15) is 5.10 Å². The highest BCUT2D eigenvalue weighted by atomic mass is 32.1. The summed E-state index contributed by atoms with van der Waals surface area (Å²) < 4.78 is 5.75. The van der Waals surface area contributed by atoms with Crippen LogP contribution >= 0.6 is 11.3 Å². The number of amides is 1. The van der Waals surface area contributed by atoms with Crippen LogP contribution in [0.2, 0.25) is 0 Å². The molecule has 2 atom stereocenters. The second-order valence-electron chi connectivity index (χ2n) is 6.80. The van der Waals surface area contributed by atoms with Crippen molar-refractivity contribution in [3.8, 4) is 0 Å². The summed E-state index contributed by atoms with van der Waals surface area (Å²) in [4.78, 5) is 21.4. The third-order valence-electron chi connectivity index (χ3n) is 4.80. The summed E-state index contributed by atoms with van der Waals surface area (Å²) in [5.41, 5.74) is 1.37. The van der Waals surface area contributed by atoms with Gasteiger partial charge >= 0.3 is 0 Å². The fourth-order valence-electron chi connectivity index (χ4n) is 3.46. The molecule has 1 aliphatic carbocycles. The third-order valence-corrected chi connectivity index (χ3v) is 6.02. The van der Waals surface area contributed by atoms with Gasteiger partial charge in [0.15, 0.2) is 5.82 Å². The Balaban J connectivity index is 1.50. The van der Waals surface area contributed by atoms with Crippen molar-refractivity contribution >= 4 is 17.2 Å². The van der Waals surface area contributed by atoms with Gasteiger partial charge in [0, 0.05) is 11.4 Å². The number of aromatic nitrogens is 3.